The minimum absolute atomic E-state index is 0.172. The first-order chi connectivity index (χ1) is 8.56. The minimum atomic E-state index is -0.172. The van der Waals surface area contributed by atoms with E-state index in [-0.39, 0.29) is 5.91 Å². The molecular weight excluding hydrogens is 316 g/mol. The number of hydrogen-bond donors (Lipinski definition) is 1. The van der Waals surface area contributed by atoms with E-state index in [0.717, 1.165) is 10.0 Å². The average molecular weight is 326 g/mol. The fourth-order valence-corrected chi connectivity index (χ4v) is 1.93. The van der Waals surface area contributed by atoms with Crippen LogP contribution in [0.5, 0.6) is 0 Å². The van der Waals surface area contributed by atoms with Crippen molar-refractivity contribution < 1.29 is 4.79 Å². The maximum atomic E-state index is 12.0. The van der Waals surface area contributed by atoms with Crippen LogP contribution in [0.4, 0.5) is 5.69 Å². The number of anilines is 1. The predicted molar refractivity (Wildman–Crippen MR) is 76.1 cm³/mol. The Morgan fingerprint density at radius 3 is 2.61 bits per heavy atom. The lowest BCUT2D eigenvalue weighted by Crippen LogP contribution is -2.12. The van der Waals surface area contributed by atoms with Gasteiger partial charge in [-0.1, -0.05) is 27.5 Å². The first kappa shape index (κ1) is 13.1. The lowest BCUT2D eigenvalue weighted by molar-refractivity contribution is 0.102. The number of rotatable bonds is 2. The van der Waals surface area contributed by atoms with Crippen molar-refractivity contribution in [2.24, 2.45) is 0 Å². The average Bonchev–Trinajstić information content (AvgIpc) is 2.33. The molecule has 1 N–H and O–H groups in total. The molecule has 1 aromatic carbocycles. The Balaban J connectivity index is 2.18. The topological polar surface area (TPSA) is 42.0 Å². The summed E-state index contributed by atoms with van der Waals surface area (Å²) in [6, 6.07) is 8.85. The lowest BCUT2D eigenvalue weighted by atomic mass is 10.2. The van der Waals surface area contributed by atoms with Crippen molar-refractivity contribution in [2.75, 3.05) is 5.32 Å². The van der Waals surface area contributed by atoms with E-state index in [4.69, 9.17) is 11.6 Å². The van der Waals surface area contributed by atoms with Crippen LogP contribution >= 0.6 is 27.5 Å². The van der Waals surface area contributed by atoms with Crippen LogP contribution in [0, 0.1) is 6.92 Å². The normalized spacial score (nSPS) is 10.2. The second kappa shape index (κ2) is 5.50. The molecule has 0 fully saturated rings. The van der Waals surface area contributed by atoms with E-state index in [0.29, 0.717) is 16.4 Å². The molecule has 0 aliphatic carbocycles. The zero-order valence-electron chi connectivity index (χ0n) is 9.58. The highest BCUT2D eigenvalue weighted by Crippen LogP contribution is 2.18. The fraction of sp³-hybridized carbons (Fsp3) is 0.0769. The summed E-state index contributed by atoms with van der Waals surface area (Å²) >= 11 is 9.08. The molecule has 0 spiro atoms. The molecule has 1 aromatic heterocycles. The molecule has 0 aliphatic rings. The number of amides is 1. The highest BCUT2D eigenvalue weighted by atomic mass is 79.9. The molecule has 3 nitrogen and oxygen atoms in total. The summed E-state index contributed by atoms with van der Waals surface area (Å²) in [6.45, 7) is 1.87. The van der Waals surface area contributed by atoms with Gasteiger partial charge in [-0.2, -0.15) is 0 Å². The van der Waals surface area contributed by atoms with Crippen LogP contribution < -0.4 is 5.32 Å². The van der Waals surface area contributed by atoms with Crippen molar-refractivity contribution in [2.45, 2.75) is 6.92 Å². The van der Waals surface area contributed by atoms with Gasteiger partial charge in [-0.05, 0) is 42.8 Å². The van der Waals surface area contributed by atoms with Gasteiger partial charge in [-0.15, -0.1) is 0 Å². The van der Waals surface area contributed by atoms with Gasteiger partial charge in [-0.3, -0.25) is 4.79 Å². The molecule has 92 valence electrons. The molecule has 0 atom stereocenters. The molecule has 0 unspecified atom stereocenters. The van der Waals surface area contributed by atoms with E-state index in [9.17, 15) is 4.79 Å². The monoisotopic (exact) mass is 324 g/mol. The largest absolute Gasteiger partial charge is 0.320 e. The number of carbonyl (C=O) groups is 1. The smallest absolute Gasteiger partial charge is 0.255 e. The van der Waals surface area contributed by atoms with Crippen LogP contribution in [0.2, 0.25) is 5.15 Å². The molecule has 2 rings (SSSR count). The van der Waals surface area contributed by atoms with Gasteiger partial charge in [0.1, 0.15) is 5.15 Å². The number of benzene rings is 1. The number of nitrogens with one attached hydrogen (secondary N) is 1. The number of nitrogens with zero attached hydrogens (tertiary/aromatic N) is 1. The Labute approximate surface area is 118 Å². The minimum Gasteiger partial charge on any atom is -0.320 e. The Morgan fingerprint density at radius 2 is 2.00 bits per heavy atom. The van der Waals surface area contributed by atoms with Crippen molar-refractivity contribution in [1.82, 2.24) is 4.98 Å². The van der Waals surface area contributed by atoms with Crippen LogP contribution in [-0.4, -0.2) is 10.9 Å². The summed E-state index contributed by atoms with van der Waals surface area (Å²) in [6.07, 6.45) is 1.55. The number of pyridine rings is 1. The summed E-state index contributed by atoms with van der Waals surface area (Å²) in [5.41, 5.74) is 2.13. The third-order valence-electron chi connectivity index (χ3n) is 2.43. The van der Waals surface area contributed by atoms with Gasteiger partial charge < -0.3 is 5.32 Å². The third kappa shape index (κ3) is 3.09. The Bertz CT molecular complexity index is 584. The van der Waals surface area contributed by atoms with Crippen molar-refractivity contribution in [3.63, 3.8) is 0 Å². The van der Waals surface area contributed by atoms with Gasteiger partial charge >= 0.3 is 0 Å². The van der Waals surface area contributed by atoms with Crippen LogP contribution in [0.15, 0.2) is 41.0 Å². The van der Waals surface area contributed by atoms with Crippen LogP contribution in [0.1, 0.15) is 15.9 Å². The van der Waals surface area contributed by atoms with Gasteiger partial charge in [0.05, 0.1) is 11.9 Å². The highest BCUT2D eigenvalue weighted by Gasteiger charge is 2.08. The number of carbonyl (C=O) groups excluding carboxylic acids is 1. The molecule has 0 saturated carbocycles. The number of halogens is 2. The molecule has 0 saturated heterocycles. The standard InChI is InChI=1S/C13H10BrClN2O/c1-8-6-12(15)16-7-11(8)17-13(18)9-2-4-10(14)5-3-9/h2-7H,1H3,(H,17,18). The summed E-state index contributed by atoms with van der Waals surface area (Å²) < 4.78 is 0.934. The highest BCUT2D eigenvalue weighted by molar-refractivity contribution is 9.10. The summed E-state index contributed by atoms with van der Waals surface area (Å²) in [5.74, 6) is -0.172. The van der Waals surface area contributed by atoms with E-state index < -0.39 is 0 Å². The van der Waals surface area contributed by atoms with E-state index in [2.05, 4.69) is 26.2 Å². The fourth-order valence-electron chi connectivity index (χ4n) is 1.45. The summed E-state index contributed by atoms with van der Waals surface area (Å²) in [4.78, 5) is 15.9. The molecule has 1 heterocycles. The van der Waals surface area contributed by atoms with E-state index >= 15 is 0 Å². The van der Waals surface area contributed by atoms with Gasteiger partial charge in [0.2, 0.25) is 0 Å². The summed E-state index contributed by atoms with van der Waals surface area (Å²) in [5, 5.41) is 3.21. The molecule has 1 amide bonds. The van der Waals surface area contributed by atoms with Gasteiger partial charge in [-0.25, -0.2) is 4.98 Å². The lowest BCUT2D eigenvalue weighted by Gasteiger charge is -2.08. The van der Waals surface area contributed by atoms with Crippen LogP contribution in [-0.2, 0) is 0 Å². The van der Waals surface area contributed by atoms with Crippen molar-refractivity contribution >= 4 is 39.1 Å². The second-order valence-electron chi connectivity index (χ2n) is 3.78. The van der Waals surface area contributed by atoms with Crippen molar-refractivity contribution in [3.8, 4) is 0 Å². The van der Waals surface area contributed by atoms with E-state index in [1.54, 1.807) is 24.4 Å². The maximum Gasteiger partial charge on any atom is 0.255 e. The summed E-state index contributed by atoms with van der Waals surface area (Å²) in [7, 11) is 0. The van der Waals surface area contributed by atoms with E-state index in [1.165, 1.54) is 0 Å². The van der Waals surface area contributed by atoms with Crippen molar-refractivity contribution in [1.29, 1.82) is 0 Å². The van der Waals surface area contributed by atoms with Gasteiger partial charge in [0.15, 0.2) is 0 Å². The Morgan fingerprint density at radius 1 is 1.33 bits per heavy atom. The Hall–Kier alpha value is -1.39. The SMILES string of the molecule is Cc1cc(Cl)ncc1NC(=O)c1ccc(Br)cc1. The molecule has 5 heteroatoms. The zero-order chi connectivity index (χ0) is 13.1. The number of aryl methyl sites for hydroxylation is 1. The Kier molecular flexibility index (Phi) is 3.99. The maximum absolute atomic E-state index is 12.0. The first-order valence-electron chi connectivity index (χ1n) is 5.25. The molecule has 0 bridgehead atoms. The van der Waals surface area contributed by atoms with E-state index in [1.807, 2.05) is 19.1 Å². The van der Waals surface area contributed by atoms with Crippen LogP contribution in [0.25, 0.3) is 0 Å². The quantitative estimate of drug-likeness (QED) is 0.846. The molecule has 2 aromatic rings. The molecular formula is C13H10BrClN2O. The number of hydrogen-bond acceptors (Lipinski definition) is 2. The zero-order valence-corrected chi connectivity index (χ0v) is 11.9. The van der Waals surface area contributed by atoms with Gasteiger partial charge in [0, 0.05) is 10.0 Å². The first-order valence-corrected chi connectivity index (χ1v) is 6.42. The number of aromatic nitrogens is 1. The van der Waals surface area contributed by atoms with Crippen LogP contribution in [0.3, 0.4) is 0 Å². The molecule has 0 aliphatic heterocycles. The predicted octanol–water partition coefficient (Wildman–Crippen LogP) is 4.06. The van der Waals surface area contributed by atoms with Crippen molar-refractivity contribution in [3.05, 3.63) is 57.3 Å². The van der Waals surface area contributed by atoms with Gasteiger partial charge in [0.25, 0.3) is 5.91 Å². The molecule has 18 heavy (non-hydrogen) atoms. The molecule has 0 radical (unpaired) electrons. The third-order valence-corrected chi connectivity index (χ3v) is 3.17. The second-order valence-corrected chi connectivity index (χ2v) is 5.09.